The third-order valence-electron chi connectivity index (χ3n) is 4.32. The van der Waals surface area contributed by atoms with Crippen molar-refractivity contribution in [1.82, 2.24) is 0 Å². The molecular formula is C22H21NO3. The predicted molar refractivity (Wildman–Crippen MR) is 103 cm³/mol. The van der Waals surface area contributed by atoms with Gasteiger partial charge in [-0.1, -0.05) is 60.7 Å². The number of fused-ring (bicyclic) bond motifs is 1. The number of benzene rings is 3. The van der Waals surface area contributed by atoms with Crippen LogP contribution in [0.1, 0.15) is 16.7 Å². The van der Waals surface area contributed by atoms with E-state index in [-0.39, 0.29) is 18.9 Å². The lowest BCUT2D eigenvalue weighted by molar-refractivity contribution is -0.146. The lowest BCUT2D eigenvalue weighted by Gasteiger charge is -2.12. The van der Waals surface area contributed by atoms with E-state index in [1.165, 1.54) is 0 Å². The van der Waals surface area contributed by atoms with Gasteiger partial charge in [-0.05, 0) is 41.3 Å². The molecule has 0 heterocycles. The Morgan fingerprint density at radius 3 is 2.31 bits per heavy atom. The first-order valence-electron chi connectivity index (χ1n) is 8.53. The molecule has 132 valence electrons. The van der Waals surface area contributed by atoms with Crippen molar-refractivity contribution < 1.29 is 14.3 Å². The van der Waals surface area contributed by atoms with Crippen LogP contribution in [0.25, 0.3) is 10.8 Å². The van der Waals surface area contributed by atoms with Gasteiger partial charge in [-0.25, -0.2) is 0 Å². The van der Waals surface area contributed by atoms with Crippen LogP contribution in [0.15, 0.2) is 60.7 Å². The fourth-order valence-electron chi connectivity index (χ4n) is 2.99. The molecule has 0 fully saturated rings. The SMILES string of the molecule is Cc1cccc(C)c1NC(=O)COC(=O)Cc1cccc2ccccc12. The second-order valence-corrected chi connectivity index (χ2v) is 6.29. The van der Waals surface area contributed by atoms with Crippen LogP contribution in [0.2, 0.25) is 0 Å². The molecule has 3 aromatic rings. The van der Waals surface area contributed by atoms with Gasteiger partial charge in [-0.15, -0.1) is 0 Å². The predicted octanol–water partition coefficient (Wildman–Crippen LogP) is 4.18. The van der Waals surface area contributed by atoms with Gasteiger partial charge in [-0.2, -0.15) is 0 Å². The molecule has 0 atom stereocenters. The standard InChI is InChI=1S/C22H21NO3/c1-15-7-5-8-16(2)22(15)23-20(24)14-26-21(25)13-18-11-6-10-17-9-3-4-12-19(17)18/h3-12H,13-14H2,1-2H3,(H,23,24). The summed E-state index contributed by atoms with van der Waals surface area (Å²) < 4.78 is 5.16. The average molecular weight is 347 g/mol. The molecule has 0 saturated carbocycles. The second kappa shape index (κ2) is 7.83. The first-order chi connectivity index (χ1) is 12.5. The summed E-state index contributed by atoms with van der Waals surface area (Å²) in [6.45, 7) is 3.56. The second-order valence-electron chi connectivity index (χ2n) is 6.29. The van der Waals surface area contributed by atoms with Gasteiger partial charge in [0.2, 0.25) is 0 Å². The monoisotopic (exact) mass is 347 g/mol. The molecule has 0 aliphatic rings. The summed E-state index contributed by atoms with van der Waals surface area (Å²) in [4.78, 5) is 24.2. The lowest BCUT2D eigenvalue weighted by atomic mass is 10.0. The minimum absolute atomic E-state index is 0.137. The Morgan fingerprint density at radius 2 is 1.54 bits per heavy atom. The molecule has 0 spiro atoms. The number of nitrogens with one attached hydrogen (secondary N) is 1. The Hall–Kier alpha value is -3.14. The fraction of sp³-hybridized carbons (Fsp3) is 0.182. The van der Waals surface area contributed by atoms with Crippen LogP contribution in [-0.2, 0) is 20.7 Å². The molecule has 3 rings (SSSR count). The fourth-order valence-corrected chi connectivity index (χ4v) is 2.99. The largest absolute Gasteiger partial charge is 0.455 e. The van der Waals surface area contributed by atoms with Crippen LogP contribution in [0.5, 0.6) is 0 Å². The highest BCUT2D eigenvalue weighted by Gasteiger charge is 2.12. The number of carbonyl (C=O) groups is 2. The third kappa shape index (κ3) is 4.09. The number of ether oxygens (including phenoxy) is 1. The first-order valence-corrected chi connectivity index (χ1v) is 8.53. The summed E-state index contributed by atoms with van der Waals surface area (Å²) >= 11 is 0. The summed E-state index contributed by atoms with van der Waals surface area (Å²) in [7, 11) is 0. The quantitative estimate of drug-likeness (QED) is 0.705. The molecule has 3 aromatic carbocycles. The molecule has 4 heteroatoms. The maximum Gasteiger partial charge on any atom is 0.310 e. The Morgan fingerprint density at radius 1 is 0.885 bits per heavy atom. The highest BCUT2D eigenvalue weighted by molar-refractivity contribution is 5.94. The van der Waals surface area contributed by atoms with Crippen molar-refractivity contribution in [2.45, 2.75) is 20.3 Å². The Kier molecular flexibility index (Phi) is 5.32. The van der Waals surface area contributed by atoms with Crippen molar-refractivity contribution >= 4 is 28.3 Å². The summed E-state index contributed by atoms with van der Waals surface area (Å²) in [5.41, 5.74) is 3.60. The van der Waals surface area contributed by atoms with E-state index >= 15 is 0 Å². The zero-order valence-electron chi connectivity index (χ0n) is 14.9. The Bertz CT molecular complexity index is 937. The maximum absolute atomic E-state index is 12.1. The van der Waals surface area contributed by atoms with Crippen LogP contribution in [0, 0.1) is 13.8 Å². The number of para-hydroxylation sites is 1. The summed E-state index contributed by atoms with van der Waals surface area (Å²) in [5, 5.41) is 4.91. The lowest BCUT2D eigenvalue weighted by Crippen LogP contribution is -2.22. The minimum atomic E-state index is -0.419. The number of aryl methyl sites for hydroxylation is 2. The molecule has 0 unspecified atom stereocenters. The van der Waals surface area contributed by atoms with E-state index in [2.05, 4.69) is 5.32 Å². The summed E-state index contributed by atoms with van der Waals surface area (Å²) in [6, 6.07) is 19.5. The topological polar surface area (TPSA) is 55.4 Å². The van der Waals surface area contributed by atoms with Crippen molar-refractivity contribution in [1.29, 1.82) is 0 Å². The zero-order chi connectivity index (χ0) is 18.5. The molecule has 0 saturated heterocycles. The van der Waals surface area contributed by atoms with Gasteiger partial charge in [0.25, 0.3) is 5.91 Å². The van der Waals surface area contributed by atoms with Crippen LogP contribution < -0.4 is 5.32 Å². The van der Waals surface area contributed by atoms with Crippen LogP contribution in [0.3, 0.4) is 0 Å². The smallest absolute Gasteiger partial charge is 0.310 e. The summed E-state index contributed by atoms with van der Waals surface area (Å²) in [5.74, 6) is -0.758. The van der Waals surface area contributed by atoms with Gasteiger partial charge in [0.05, 0.1) is 6.42 Å². The molecule has 0 radical (unpaired) electrons. The van der Waals surface area contributed by atoms with Crippen molar-refractivity contribution in [2.24, 2.45) is 0 Å². The van der Waals surface area contributed by atoms with E-state index in [0.717, 1.165) is 33.2 Å². The van der Waals surface area contributed by atoms with E-state index in [1.807, 2.05) is 74.5 Å². The Labute approximate surface area is 152 Å². The molecule has 0 aliphatic heterocycles. The van der Waals surface area contributed by atoms with Crippen molar-refractivity contribution in [3.8, 4) is 0 Å². The van der Waals surface area contributed by atoms with Gasteiger partial charge >= 0.3 is 5.97 Å². The highest BCUT2D eigenvalue weighted by atomic mass is 16.5. The molecule has 4 nitrogen and oxygen atoms in total. The van der Waals surface area contributed by atoms with E-state index in [4.69, 9.17) is 4.74 Å². The normalized spacial score (nSPS) is 10.5. The number of rotatable bonds is 5. The molecule has 0 aromatic heterocycles. The number of hydrogen-bond acceptors (Lipinski definition) is 3. The van der Waals surface area contributed by atoms with Gasteiger partial charge < -0.3 is 10.1 Å². The molecule has 1 amide bonds. The molecule has 26 heavy (non-hydrogen) atoms. The van der Waals surface area contributed by atoms with E-state index in [1.54, 1.807) is 0 Å². The van der Waals surface area contributed by atoms with E-state index < -0.39 is 5.97 Å². The van der Waals surface area contributed by atoms with Gasteiger partial charge in [0.15, 0.2) is 6.61 Å². The van der Waals surface area contributed by atoms with Crippen molar-refractivity contribution in [3.05, 3.63) is 77.4 Å². The van der Waals surface area contributed by atoms with Crippen molar-refractivity contribution in [3.63, 3.8) is 0 Å². The minimum Gasteiger partial charge on any atom is -0.455 e. The first kappa shape index (κ1) is 17.7. The van der Waals surface area contributed by atoms with E-state index in [9.17, 15) is 9.59 Å². The highest BCUT2D eigenvalue weighted by Crippen LogP contribution is 2.20. The molecule has 0 aliphatic carbocycles. The number of hydrogen-bond donors (Lipinski definition) is 1. The Balaban J connectivity index is 1.59. The number of amides is 1. The van der Waals surface area contributed by atoms with Crippen LogP contribution >= 0.6 is 0 Å². The number of carbonyl (C=O) groups excluding carboxylic acids is 2. The van der Waals surface area contributed by atoms with Crippen LogP contribution in [-0.4, -0.2) is 18.5 Å². The van der Waals surface area contributed by atoms with Gasteiger partial charge in [0, 0.05) is 5.69 Å². The number of anilines is 1. The molecular weight excluding hydrogens is 326 g/mol. The van der Waals surface area contributed by atoms with Gasteiger partial charge in [-0.3, -0.25) is 9.59 Å². The maximum atomic E-state index is 12.1. The average Bonchev–Trinajstić information content (AvgIpc) is 2.63. The van der Waals surface area contributed by atoms with Crippen molar-refractivity contribution in [2.75, 3.05) is 11.9 Å². The third-order valence-corrected chi connectivity index (χ3v) is 4.32. The zero-order valence-corrected chi connectivity index (χ0v) is 14.9. The number of esters is 1. The van der Waals surface area contributed by atoms with E-state index in [0.29, 0.717) is 0 Å². The summed E-state index contributed by atoms with van der Waals surface area (Å²) in [6.07, 6.45) is 0.137. The van der Waals surface area contributed by atoms with Crippen LogP contribution in [0.4, 0.5) is 5.69 Å². The molecule has 0 bridgehead atoms. The molecule has 1 N–H and O–H groups in total. The van der Waals surface area contributed by atoms with Gasteiger partial charge in [0.1, 0.15) is 0 Å².